The van der Waals surface area contributed by atoms with Gasteiger partial charge in [0.2, 0.25) is 11.8 Å². The molecule has 3 saturated heterocycles. The molecule has 11 heteroatoms. The normalized spacial score (nSPS) is 33.1. The van der Waals surface area contributed by atoms with E-state index in [0.29, 0.717) is 13.0 Å². The summed E-state index contributed by atoms with van der Waals surface area (Å²) in [5, 5.41) is 12.5. The van der Waals surface area contributed by atoms with Crippen LogP contribution in [0.3, 0.4) is 0 Å². The van der Waals surface area contributed by atoms with E-state index in [4.69, 9.17) is 30.1 Å². The molecule has 0 bridgehead atoms. The first-order valence-electron chi connectivity index (χ1n) is 13.9. The molecule has 5 N–H and O–H groups in total. The molecule has 0 saturated carbocycles. The highest BCUT2D eigenvalue weighted by molar-refractivity contribution is 5.94. The molecule has 40 heavy (non-hydrogen) atoms. The van der Waals surface area contributed by atoms with Crippen molar-refractivity contribution in [1.29, 1.82) is 5.41 Å². The van der Waals surface area contributed by atoms with Crippen molar-refractivity contribution in [3.63, 3.8) is 0 Å². The molecule has 1 spiro atoms. The van der Waals surface area contributed by atoms with Crippen molar-refractivity contribution < 1.29 is 33.3 Å². The lowest BCUT2D eigenvalue weighted by Gasteiger charge is -2.39. The van der Waals surface area contributed by atoms with Gasteiger partial charge in [0.05, 0.1) is 49.1 Å². The van der Waals surface area contributed by atoms with Gasteiger partial charge in [-0.05, 0) is 45.6 Å². The van der Waals surface area contributed by atoms with Crippen LogP contribution in [0.25, 0.3) is 0 Å². The topological polar surface area (TPSA) is 165 Å². The molecular formula is C29H44N4O7. The minimum atomic E-state index is -0.468. The monoisotopic (exact) mass is 560 g/mol. The number of nitrogens with two attached hydrogens (primary N) is 1. The number of epoxide rings is 1. The van der Waals surface area contributed by atoms with Gasteiger partial charge in [-0.1, -0.05) is 30.7 Å². The van der Waals surface area contributed by atoms with E-state index in [0.717, 1.165) is 24.8 Å². The van der Waals surface area contributed by atoms with Gasteiger partial charge >= 0.3 is 5.97 Å². The van der Waals surface area contributed by atoms with Crippen LogP contribution in [0.1, 0.15) is 66.7 Å². The lowest BCUT2D eigenvalue weighted by atomic mass is 9.88. The Morgan fingerprint density at radius 3 is 2.55 bits per heavy atom. The highest BCUT2D eigenvalue weighted by Crippen LogP contribution is 2.43. The van der Waals surface area contributed by atoms with Crippen LogP contribution in [0.15, 0.2) is 36.0 Å². The Balaban J connectivity index is 1.47. The Labute approximate surface area is 236 Å². The summed E-state index contributed by atoms with van der Waals surface area (Å²) in [5.74, 6) is -1.10. The van der Waals surface area contributed by atoms with Crippen molar-refractivity contribution >= 4 is 23.7 Å². The van der Waals surface area contributed by atoms with E-state index in [1.165, 1.54) is 13.0 Å². The number of carbonyl (C=O) groups excluding carboxylic acids is 3. The minimum Gasteiger partial charge on any atom is -0.459 e. The van der Waals surface area contributed by atoms with Crippen LogP contribution in [0.4, 0.5) is 0 Å². The zero-order chi connectivity index (χ0) is 29.4. The summed E-state index contributed by atoms with van der Waals surface area (Å²) < 4.78 is 23.1. The van der Waals surface area contributed by atoms with E-state index in [1.807, 2.05) is 26.0 Å². The van der Waals surface area contributed by atoms with Gasteiger partial charge in [-0.15, -0.1) is 0 Å². The maximum Gasteiger partial charge on any atom is 0.303 e. The minimum absolute atomic E-state index is 0.0317. The lowest BCUT2D eigenvalue weighted by molar-refractivity contribution is -0.143. The molecule has 3 aliphatic rings. The van der Waals surface area contributed by atoms with Crippen molar-refractivity contribution in [2.24, 2.45) is 11.7 Å². The summed E-state index contributed by atoms with van der Waals surface area (Å²) in [4.78, 5) is 35.4. The van der Waals surface area contributed by atoms with Crippen LogP contribution < -0.4 is 16.4 Å². The first-order valence-corrected chi connectivity index (χ1v) is 13.9. The standard InChI is InChI=1S/C29H44N4O7/c1-17(6-9-22-14-29(16-37-29)15-23(40-22)13-27(36)33-28(30)31)7-10-25-18(2)12-24(20(4)39-25)32-26(35)11-8-19(3)38-21(5)34/h6-9,11,18-20,22-25H,10,12-16H2,1-5H3,(H,32,35)(H4,30,31,33,36)/b9-6+,11-8-,17-7+/t18-,19-,20+,22+,23+,24+,25-,29+/m0/s1. The number of esters is 1. The van der Waals surface area contributed by atoms with E-state index in [2.05, 4.69) is 23.6 Å². The predicted molar refractivity (Wildman–Crippen MR) is 149 cm³/mol. The van der Waals surface area contributed by atoms with Crippen LogP contribution in [0.2, 0.25) is 0 Å². The molecule has 8 atom stereocenters. The third-order valence-corrected chi connectivity index (χ3v) is 7.44. The summed E-state index contributed by atoms with van der Waals surface area (Å²) in [6.07, 6.45) is 11.2. The zero-order valence-electron chi connectivity index (χ0n) is 24.1. The molecule has 11 nitrogen and oxygen atoms in total. The highest BCUT2D eigenvalue weighted by atomic mass is 16.6. The van der Waals surface area contributed by atoms with Gasteiger partial charge in [0.25, 0.3) is 0 Å². The Morgan fingerprint density at radius 2 is 1.90 bits per heavy atom. The number of allylic oxidation sites excluding steroid dienone is 2. The van der Waals surface area contributed by atoms with E-state index in [-0.39, 0.29) is 66.2 Å². The van der Waals surface area contributed by atoms with Crippen LogP contribution >= 0.6 is 0 Å². The maximum absolute atomic E-state index is 12.3. The van der Waals surface area contributed by atoms with Gasteiger partial charge in [0.15, 0.2) is 5.96 Å². The van der Waals surface area contributed by atoms with E-state index in [1.54, 1.807) is 13.0 Å². The number of carbonyl (C=O) groups is 3. The number of ether oxygens (including phenoxy) is 4. The number of amides is 2. The van der Waals surface area contributed by atoms with Crippen LogP contribution in [-0.4, -0.2) is 72.5 Å². The molecule has 3 rings (SSSR count). The molecule has 0 unspecified atom stereocenters. The Bertz CT molecular complexity index is 1040. The zero-order valence-corrected chi connectivity index (χ0v) is 24.1. The Morgan fingerprint density at radius 1 is 1.18 bits per heavy atom. The molecule has 0 aromatic carbocycles. The molecule has 2 amide bonds. The Kier molecular flexibility index (Phi) is 11.1. The second-order valence-electron chi connectivity index (χ2n) is 11.3. The Hall–Kier alpha value is -3.02. The molecule has 3 fully saturated rings. The average molecular weight is 561 g/mol. The van der Waals surface area contributed by atoms with Gasteiger partial charge in [-0.2, -0.15) is 0 Å². The third kappa shape index (κ3) is 10.2. The fourth-order valence-electron chi connectivity index (χ4n) is 5.28. The summed E-state index contributed by atoms with van der Waals surface area (Å²) in [5.41, 5.74) is 6.11. The fourth-order valence-corrected chi connectivity index (χ4v) is 5.28. The van der Waals surface area contributed by atoms with Crippen molar-refractivity contribution in [3.8, 4) is 0 Å². The smallest absolute Gasteiger partial charge is 0.303 e. The number of guanidine groups is 1. The molecule has 0 radical (unpaired) electrons. The lowest BCUT2D eigenvalue weighted by Crippen LogP contribution is -2.50. The van der Waals surface area contributed by atoms with E-state index >= 15 is 0 Å². The first kappa shape index (κ1) is 31.5. The van der Waals surface area contributed by atoms with E-state index < -0.39 is 12.1 Å². The third-order valence-electron chi connectivity index (χ3n) is 7.44. The van der Waals surface area contributed by atoms with E-state index in [9.17, 15) is 14.4 Å². The van der Waals surface area contributed by atoms with Crippen LogP contribution in [0, 0.1) is 11.3 Å². The quantitative estimate of drug-likeness (QED) is 0.0790. The second kappa shape index (κ2) is 14.0. The summed E-state index contributed by atoms with van der Waals surface area (Å²) in [7, 11) is 0. The predicted octanol–water partition coefficient (Wildman–Crippen LogP) is 2.40. The SMILES string of the molecule is CC(=O)O[C@@H](C)/C=C\C(=O)N[C@@H]1C[C@H](C)[C@H](C/C=C(C)/C=C/[C@@H]2C[C@]3(CO3)C[C@@H](CC(=O)NC(=N)N)O2)O[C@@H]1C. The molecule has 222 valence electrons. The van der Waals surface area contributed by atoms with Gasteiger partial charge in [0, 0.05) is 25.8 Å². The number of hydrogen-bond acceptors (Lipinski definition) is 8. The highest BCUT2D eigenvalue weighted by Gasteiger charge is 2.51. The second-order valence-corrected chi connectivity index (χ2v) is 11.3. The fraction of sp³-hybridized carbons (Fsp3) is 0.655. The first-order chi connectivity index (χ1) is 18.8. The van der Waals surface area contributed by atoms with Crippen LogP contribution in [0.5, 0.6) is 0 Å². The van der Waals surface area contributed by atoms with Crippen molar-refractivity contribution in [3.05, 3.63) is 36.0 Å². The molecule has 0 aromatic heterocycles. The largest absolute Gasteiger partial charge is 0.459 e. The van der Waals surface area contributed by atoms with Gasteiger partial charge < -0.3 is 30.0 Å². The number of hydrogen-bond donors (Lipinski definition) is 4. The van der Waals surface area contributed by atoms with Crippen LogP contribution in [-0.2, 0) is 33.3 Å². The molecular weight excluding hydrogens is 516 g/mol. The van der Waals surface area contributed by atoms with Crippen molar-refractivity contribution in [2.45, 2.75) is 109 Å². The molecule has 3 heterocycles. The molecule has 3 aliphatic heterocycles. The number of rotatable bonds is 10. The van der Waals surface area contributed by atoms with Gasteiger partial charge in [0.1, 0.15) is 6.10 Å². The van der Waals surface area contributed by atoms with Gasteiger partial charge in [-0.3, -0.25) is 25.1 Å². The average Bonchev–Trinajstić information content (AvgIpc) is 3.58. The number of nitrogens with one attached hydrogen (secondary N) is 3. The van der Waals surface area contributed by atoms with Crippen molar-refractivity contribution in [1.82, 2.24) is 10.6 Å². The van der Waals surface area contributed by atoms with Crippen molar-refractivity contribution in [2.75, 3.05) is 6.61 Å². The molecule has 0 aliphatic carbocycles. The summed E-state index contributed by atoms with van der Waals surface area (Å²) in [6.45, 7) is 9.82. The van der Waals surface area contributed by atoms with Gasteiger partial charge in [-0.25, -0.2) is 0 Å². The summed E-state index contributed by atoms with van der Waals surface area (Å²) >= 11 is 0. The molecule has 0 aromatic rings. The maximum atomic E-state index is 12.3. The summed E-state index contributed by atoms with van der Waals surface area (Å²) in [6, 6.07) is -0.108.